The summed E-state index contributed by atoms with van der Waals surface area (Å²) >= 11 is 0. The van der Waals surface area contributed by atoms with Crippen LogP contribution in [0.2, 0.25) is 0 Å². The average molecular weight is 278 g/mol. The SMILES string of the molecule is COCCNCc1c(C)nn(Cc2cc(C)on2)c1C. The second-order valence-electron chi connectivity index (χ2n) is 4.91. The molecule has 0 aromatic carbocycles. The summed E-state index contributed by atoms with van der Waals surface area (Å²) in [5, 5.41) is 11.9. The highest BCUT2D eigenvalue weighted by molar-refractivity contribution is 5.25. The van der Waals surface area contributed by atoms with Gasteiger partial charge in [0.05, 0.1) is 18.8 Å². The summed E-state index contributed by atoms with van der Waals surface area (Å²) in [7, 11) is 1.70. The van der Waals surface area contributed by atoms with E-state index in [4.69, 9.17) is 9.26 Å². The van der Waals surface area contributed by atoms with Gasteiger partial charge in [0.1, 0.15) is 11.5 Å². The first-order valence-electron chi connectivity index (χ1n) is 6.76. The molecule has 0 spiro atoms. The van der Waals surface area contributed by atoms with Crippen LogP contribution in [0.3, 0.4) is 0 Å². The topological polar surface area (TPSA) is 65.1 Å². The quantitative estimate of drug-likeness (QED) is 0.779. The first kappa shape index (κ1) is 14.7. The van der Waals surface area contributed by atoms with E-state index in [1.807, 2.05) is 24.6 Å². The Hall–Kier alpha value is -1.66. The van der Waals surface area contributed by atoms with Crippen LogP contribution < -0.4 is 5.32 Å². The van der Waals surface area contributed by atoms with Gasteiger partial charge in [-0.05, 0) is 20.8 Å². The zero-order chi connectivity index (χ0) is 14.5. The fourth-order valence-electron chi connectivity index (χ4n) is 2.18. The maximum atomic E-state index is 5.09. The van der Waals surface area contributed by atoms with Crippen LogP contribution in [0.1, 0.15) is 28.4 Å². The molecule has 1 N–H and O–H groups in total. The highest BCUT2D eigenvalue weighted by atomic mass is 16.5. The van der Waals surface area contributed by atoms with Gasteiger partial charge < -0.3 is 14.6 Å². The van der Waals surface area contributed by atoms with Gasteiger partial charge in [-0.1, -0.05) is 5.16 Å². The maximum Gasteiger partial charge on any atom is 0.133 e. The molecule has 2 aromatic heterocycles. The number of methoxy groups -OCH3 is 1. The van der Waals surface area contributed by atoms with Crippen molar-refractivity contribution >= 4 is 0 Å². The van der Waals surface area contributed by atoms with Crippen molar-refractivity contribution in [3.63, 3.8) is 0 Å². The lowest BCUT2D eigenvalue weighted by Gasteiger charge is -2.05. The second-order valence-corrected chi connectivity index (χ2v) is 4.91. The maximum absolute atomic E-state index is 5.09. The summed E-state index contributed by atoms with van der Waals surface area (Å²) in [6.07, 6.45) is 0. The van der Waals surface area contributed by atoms with Crippen molar-refractivity contribution in [2.45, 2.75) is 33.9 Å². The third kappa shape index (κ3) is 3.46. The lowest BCUT2D eigenvalue weighted by Crippen LogP contribution is -2.19. The molecule has 0 fully saturated rings. The van der Waals surface area contributed by atoms with Crippen molar-refractivity contribution < 1.29 is 9.26 Å². The van der Waals surface area contributed by atoms with Gasteiger partial charge in [0, 0.05) is 37.5 Å². The minimum absolute atomic E-state index is 0.641. The summed E-state index contributed by atoms with van der Waals surface area (Å²) in [4.78, 5) is 0. The molecule has 0 aliphatic rings. The normalized spacial score (nSPS) is 11.2. The molecule has 2 heterocycles. The first-order valence-corrected chi connectivity index (χ1v) is 6.76. The Balaban J connectivity index is 2.04. The van der Waals surface area contributed by atoms with Crippen molar-refractivity contribution in [3.05, 3.63) is 34.5 Å². The Labute approximate surface area is 119 Å². The number of ether oxygens (including phenoxy) is 1. The number of rotatable bonds is 7. The Morgan fingerprint density at radius 1 is 1.35 bits per heavy atom. The molecule has 0 atom stereocenters. The highest BCUT2D eigenvalue weighted by Crippen LogP contribution is 2.14. The molecule has 0 saturated carbocycles. The Morgan fingerprint density at radius 3 is 2.80 bits per heavy atom. The van der Waals surface area contributed by atoms with Crippen LogP contribution in [0, 0.1) is 20.8 Å². The van der Waals surface area contributed by atoms with Crippen LogP contribution in [0.15, 0.2) is 10.6 Å². The minimum atomic E-state index is 0.641. The minimum Gasteiger partial charge on any atom is -0.383 e. The van der Waals surface area contributed by atoms with Gasteiger partial charge in [-0.2, -0.15) is 5.10 Å². The summed E-state index contributed by atoms with van der Waals surface area (Å²) in [6, 6.07) is 1.94. The molecule has 0 amide bonds. The van der Waals surface area contributed by atoms with Gasteiger partial charge in [0.25, 0.3) is 0 Å². The fourth-order valence-corrected chi connectivity index (χ4v) is 2.18. The van der Waals surface area contributed by atoms with Crippen molar-refractivity contribution in [2.24, 2.45) is 0 Å². The number of nitrogens with one attached hydrogen (secondary N) is 1. The third-order valence-corrected chi connectivity index (χ3v) is 3.30. The number of aryl methyl sites for hydroxylation is 2. The van der Waals surface area contributed by atoms with Crippen LogP contribution in [-0.2, 0) is 17.8 Å². The molecule has 6 nitrogen and oxygen atoms in total. The Morgan fingerprint density at radius 2 is 2.15 bits per heavy atom. The Bertz CT molecular complexity index is 560. The predicted molar refractivity (Wildman–Crippen MR) is 75.6 cm³/mol. The summed E-state index contributed by atoms with van der Waals surface area (Å²) in [5.41, 5.74) is 4.34. The number of aromatic nitrogens is 3. The van der Waals surface area contributed by atoms with Gasteiger partial charge in [0.15, 0.2) is 0 Å². The number of nitrogens with zero attached hydrogens (tertiary/aromatic N) is 3. The highest BCUT2D eigenvalue weighted by Gasteiger charge is 2.12. The zero-order valence-electron chi connectivity index (χ0n) is 12.6. The molecule has 2 aromatic rings. The molecule has 0 bridgehead atoms. The molecular weight excluding hydrogens is 256 g/mol. The van der Waals surface area contributed by atoms with Crippen molar-refractivity contribution in [2.75, 3.05) is 20.3 Å². The van der Waals surface area contributed by atoms with E-state index in [0.29, 0.717) is 13.2 Å². The average Bonchev–Trinajstić information content (AvgIpc) is 2.93. The zero-order valence-corrected chi connectivity index (χ0v) is 12.6. The first-order chi connectivity index (χ1) is 9.61. The van der Waals surface area contributed by atoms with Crippen molar-refractivity contribution in [1.29, 1.82) is 0 Å². The van der Waals surface area contributed by atoms with Crippen LogP contribution in [0.5, 0.6) is 0 Å². The molecule has 0 radical (unpaired) electrons. The van der Waals surface area contributed by atoms with Gasteiger partial charge in [-0.15, -0.1) is 0 Å². The molecule has 0 saturated heterocycles. The van der Waals surface area contributed by atoms with Crippen LogP contribution in [0.4, 0.5) is 0 Å². The Kier molecular flexibility index (Phi) is 4.92. The predicted octanol–water partition coefficient (Wildman–Crippen LogP) is 1.58. The number of hydrogen-bond acceptors (Lipinski definition) is 5. The molecule has 2 rings (SSSR count). The third-order valence-electron chi connectivity index (χ3n) is 3.30. The van der Waals surface area contributed by atoms with Gasteiger partial charge >= 0.3 is 0 Å². The molecule has 110 valence electrons. The summed E-state index contributed by atoms with van der Waals surface area (Å²) in [5.74, 6) is 0.822. The summed E-state index contributed by atoms with van der Waals surface area (Å²) in [6.45, 7) is 9.00. The van der Waals surface area contributed by atoms with E-state index >= 15 is 0 Å². The van der Waals surface area contributed by atoms with E-state index in [1.165, 1.54) is 5.56 Å². The van der Waals surface area contributed by atoms with E-state index in [9.17, 15) is 0 Å². The van der Waals surface area contributed by atoms with E-state index in [1.54, 1.807) is 7.11 Å². The van der Waals surface area contributed by atoms with Crippen molar-refractivity contribution in [3.8, 4) is 0 Å². The van der Waals surface area contributed by atoms with E-state index in [2.05, 4.69) is 22.5 Å². The molecular formula is C14H22N4O2. The second kappa shape index (κ2) is 6.67. The standard InChI is InChI=1S/C14H22N4O2/c1-10-7-13(17-20-10)9-18-12(3)14(11(2)16-18)8-15-5-6-19-4/h7,15H,5-6,8-9H2,1-4H3. The number of hydrogen-bond donors (Lipinski definition) is 1. The molecule has 0 aliphatic heterocycles. The lowest BCUT2D eigenvalue weighted by molar-refractivity contribution is 0.199. The van der Waals surface area contributed by atoms with Gasteiger partial charge in [0.2, 0.25) is 0 Å². The molecule has 20 heavy (non-hydrogen) atoms. The lowest BCUT2D eigenvalue weighted by atomic mass is 10.2. The van der Waals surface area contributed by atoms with E-state index < -0.39 is 0 Å². The largest absolute Gasteiger partial charge is 0.383 e. The fraction of sp³-hybridized carbons (Fsp3) is 0.571. The van der Waals surface area contributed by atoms with Gasteiger partial charge in [-0.25, -0.2) is 0 Å². The van der Waals surface area contributed by atoms with Crippen LogP contribution in [-0.4, -0.2) is 35.2 Å². The van der Waals surface area contributed by atoms with Gasteiger partial charge in [-0.3, -0.25) is 4.68 Å². The molecule has 0 aliphatic carbocycles. The molecule has 0 unspecified atom stereocenters. The van der Waals surface area contributed by atoms with Crippen LogP contribution >= 0.6 is 0 Å². The molecule has 6 heteroatoms. The van der Waals surface area contributed by atoms with Crippen LogP contribution in [0.25, 0.3) is 0 Å². The van der Waals surface area contributed by atoms with E-state index in [0.717, 1.165) is 35.9 Å². The summed E-state index contributed by atoms with van der Waals surface area (Å²) < 4.78 is 12.1. The van der Waals surface area contributed by atoms with Crippen molar-refractivity contribution in [1.82, 2.24) is 20.3 Å². The monoisotopic (exact) mass is 278 g/mol. The smallest absolute Gasteiger partial charge is 0.133 e. The van der Waals surface area contributed by atoms with E-state index in [-0.39, 0.29) is 0 Å².